The lowest BCUT2D eigenvalue weighted by molar-refractivity contribution is -0.0876. The van der Waals surface area contributed by atoms with Gasteiger partial charge in [-0.3, -0.25) is 4.90 Å². The van der Waals surface area contributed by atoms with Crippen molar-refractivity contribution in [1.82, 2.24) is 10.2 Å². The third-order valence-corrected chi connectivity index (χ3v) is 3.65. The molecule has 0 spiro atoms. The summed E-state index contributed by atoms with van der Waals surface area (Å²) in [5, 5.41) is 3.07. The molecule has 0 amide bonds. The van der Waals surface area contributed by atoms with Crippen LogP contribution in [0.1, 0.15) is 25.5 Å². The number of hydrogen-bond acceptors (Lipinski definition) is 3. The lowest BCUT2D eigenvalue weighted by Gasteiger charge is -2.39. The average molecular weight is 284 g/mol. The van der Waals surface area contributed by atoms with Crippen LogP contribution in [-0.4, -0.2) is 43.8 Å². The van der Waals surface area contributed by atoms with Crippen molar-refractivity contribution >= 4 is 0 Å². The molecule has 2 rings (SSSR count). The second kappa shape index (κ2) is 6.16. The molecule has 1 N–H and O–H groups in total. The molecule has 0 bridgehead atoms. The third kappa shape index (κ3) is 3.53. The fourth-order valence-electron chi connectivity index (χ4n) is 2.66. The predicted molar refractivity (Wildman–Crippen MR) is 74.6 cm³/mol. The zero-order chi connectivity index (χ0) is 14.8. The minimum Gasteiger partial charge on any atom is -0.373 e. The van der Waals surface area contributed by atoms with Gasteiger partial charge in [-0.2, -0.15) is 0 Å². The molecule has 1 atom stereocenters. The van der Waals surface area contributed by atoms with E-state index < -0.39 is 11.6 Å². The molecule has 0 aromatic heterocycles. The zero-order valence-electron chi connectivity index (χ0n) is 12.2. The molecule has 5 heteroatoms. The molecule has 1 aliphatic rings. The first-order valence-electron chi connectivity index (χ1n) is 6.90. The first kappa shape index (κ1) is 15.4. The van der Waals surface area contributed by atoms with Gasteiger partial charge in [0.15, 0.2) is 11.6 Å². The van der Waals surface area contributed by atoms with Crippen molar-refractivity contribution in [2.75, 3.05) is 33.3 Å². The fraction of sp³-hybridized carbons (Fsp3) is 0.600. The van der Waals surface area contributed by atoms with Gasteiger partial charge in [-0.15, -0.1) is 0 Å². The molecule has 3 nitrogen and oxygen atoms in total. The van der Waals surface area contributed by atoms with Gasteiger partial charge >= 0.3 is 0 Å². The standard InChI is InChI=1S/C15H22F2N2O/c1-15(2)10-19(7-8-20-15)9-13(18-3)11-5-4-6-12(16)14(11)17/h4-6,13,18H,7-10H2,1-3H3. The summed E-state index contributed by atoms with van der Waals surface area (Å²) in [5.41, 5.74) is 0.175. The first-order valence-corrected chi connectivity index (χ1v) is 6.90. The molecule has 1 saturated heterocycles. The van der Waals surface area contributed by atoms with Crippen molar-refractivity contribution in [2.24, 2.45) is 0 Å². The van der Waals surface area contributed by atoms with Crippen LogP contribution in [0.5, 0.6) is 0 Å². The van der Waals surface area contributed by atoms with E-state index >= 15 is 0 Å². The summed E-state index contributed by atoms with van der Waals surface area (Å²) in [6.45, 7) is 6.95. The fourth-order valence-corrected chi connectivity index (χ4v) is 2.66. The summed E-state index contributed by atoms with van der Waals surface area (Å²) < 4.78 is 32.9. The first-order chi connectivity index (χ1) is 9.43. The maximum absolute atomic E-state index is 13.9. The van der Waals surface area contributed by atoms with Crippen LogP contribution in [0.4, 0.5) is 8.78 Å². The van der Waals surface area contributed by atoms with Crippen LogP contribution in [-0.2, 0) is 4.74 Å². The summed E-state index contributed by atoms with van der Waals surface area (Å²) in [4.78, 5) is 2.22. The molecule has 1 aromatic rings. The topological polar surface area (TPSA) is 24.5 Å². The van der Waals surface area contributed by atoms with Gasteiger partial charge in [0.2, 0.25) is 0 Å². The Morgan fingerprint density at radius 2 is 2.15 bits per heavy atom. The number of likely N-dealkylation sites (N-methyl/N-ethyl adjacent to an activating group) is 1. The van der Waals surface area contributed by atoms with Crippen molar-refractivity contribution in [3.05, 3.63) is 35.4 Å². The third-order valence-electron chi connectivity index (χ3n) is 3.65. The molecule has 1 unspecified atom stereocenters. The molecule has 20 heavy (non-hydrogen) atoms. The molecule has 112 valence electrons. The normalized spacial score (nSPS) is 20.9. The largest absolute Gasteiger partial charge is 0.373 e. The van der Waals surface area contributed by atoms with E-state index in [-0.39, 0.29) is 11.6 Å². The molecule has 1 aliphatic heterocycles. The molecule has 1 aromatic carbocycles. The van der Waals surface area contributed by atoms with Gasteiger partial charge < -0.3 is 10.1 Å². The average Bonchev–Trinajstić information content (AvgIpc) is 2.38. The summed E-state index contributed by atoms with van der Waals surface area (Å²) in [5.74, 6) is -1.57. The Kier molecular flexibility index (Phi) is 4.73. The Bertz CT molecular complexity index is 465. The number of hydrogen-bond donors (Lipinski definition) is 1. The van der Waals surface area contributed by atoms with Crippen LogP contribution < -0.4 is 5.32 Å². The smallest absolute Gasteiger partial charge is 0.163 e. The monoisotopic (exact) mass is 284 g/mol. The molecular formula is C15H22F2N2O. The SMILES string of the molecule is CNC(CN1CCOC(C)(C)C1)c1cccc(F)c1F. The van der Waals surface area contributed by atoms with E-state index in [4.69, 9.17) is 4.74 Å². The Hall–Kier alpha value is -1.04. The van der Waals surface area contributed by atoms with Gasteiger partial charge in [0.25, 0.3) is 0 Å². The Morgan fingerprint density at radius 1 is 1.40 bits per heavy atom. The van der Waals surface area contributed by atoms with Crippen LogP contribution >= 0.6 is 0 Å². The minimum atomic E-state index is -0.801. The van der Waals surface area contributed by atoms with E-state index in [2.05, 4.69) is 10.2 Å². The van der Waals surface area contributed by atoms with E-state index in [1.165, 1.54) is 0 Å². The maximum atomic E-state index is 13.9. The Morgan fingerprint density at radius 3 is 2.80 bits per heavy atom. The molecular weight excluding hydrogens is 262 g/mol. The van der Waals surface area contributed by atoms with E-state index in [1.54, 1.807) is 19.2 Å². The van der Waals surface area contributed by atoms with Crippen molar-refractivity contribution < 1.29 is 13.5 Å². The summed E-state index contributed by atoms with van der Waals surface area (Å²) in [6, 6.07) is 4.08. The zero-order valence-corrected chi connectivity index (χ0v) is 12.2. The number of ether oxygens (including phenoxy) is 1. The number of nitrogens with zero attached hydrogens (tertiary/aromatic N) is 1. The Balaban J connectivity index is 2.11. The molecule has 1 heterocycles. The number of morpholine rings is 1. The van der Waals surface area contributed by atoms with E-state index in [1.807, 2.05) is 13.8 Å². The number of benzene rings is 1. The van der Waals surface area contributed by atoms with Crippen LogP contribution in [0.3, 0.4) is 0 Å². The van der Waals surface area contributed by atoms with E-state index in [0.29, 0.717) is 18.7 Å². The highest BCUT2D eigenvalue weighted by atomic mass is 19.2. The number of rotatable bonds is 4. The van der Waals surface area contributed by atoms with Gasteiger partial charge in [0.1, 0.15) is 0 Å². The van der Waals surface area contributed by atoms with Gasteiger partial charge in [-0.05, 0) is 27.0 Å². The lowest BCUT2D eigenvalue weighted by atomic mass is 10.0. The second-order valence-electron chi connectivity index (χ2n) is 5.83. The quantitative estimate of drug-likeness (QED) is 0.918. The summed E-state index contributed by atoms with van der Waals surface area (Å²) in [6.07, 6.45) is 0. The van der Waals surface area contributed by atoms with Gasteiger partial charge in [0.05, 0.1) is 12.2 Å². The van der Waals surface area contributed by atoms with Crippen molar-refractivity contribution in [2.45, 2.75) is 25.5 Å². The van der Waals surface area contributed by atoms with Gasteiger partial charge in [-0.25, -0.2) is 8.78 Å². The minimum absolute atomic E-state index is 0.197. The highest BCUT2D eigenvalue weighted by molar-refractivity contribution is 5.23. The number of nitrogens with one attached hydrogen (secondary N) is 1. The Labute approximate surface area is 118 Å². The van der Waals surface area contributed by atoms with Crippen LogP contribution in [0.2, 0.25) is 0 Å². The summed E-state index contributed by atoms with van der Waals surface area (Å²) >= 11 is 0. The second-order valence-corrected chi connectivity index (χ2v) is 5.83. The summed E-state index contributed by atoms with van der Waals surface area (Å²) in [7, 11) is 1.76. The van der Waals surface area contributed by atoms with Crippen molar-refractivity contribution in [3.8, 4) is 0 Å². The maximum Gasteiger partial charge on any atom is 0.163 e. The predicted octanol–water partition coefficient (Wildman–Crippen LogP) is 2.34. The van der Waals surface area contributed by atoms with E-state index in [0.717, 1.165) is 19.2 Å². The van der Waals surface area contributed by atoms with E-state index in [9.17, 15) is 8.78 Å². The van der Waals surface area contributed by atoms with Gasteiger partial charge in [-0.1, -0.05) is 12.1 Å². The van der Waals surface area contributed by atoms with Crippen LogP contribution in [0, 0.1) is 11.6 Å². The van der Waals surface area contributed by atoms with Crippen molar-refractivity contribution in [1.29, 1.82) is 0 Å². The highest BCUT2D eigenvalue weighted by Crippen LogP contribution is 2.23. The lowest BCUT2D eigenvalue weighted by Crippen LogP contribution is -2.50. The number of halogens is 2. The highest BCUT2D eigenvalue weighted by Gasteiger charge is 2.29. The van der Waals surface area contributed by atoms with Gasteiger partial charge in [0, 0.05) is 31.2 Å². The van der Waals surface area contributed by atoms with Crippen LogP contribution in [0.15, 0.2) is 18.2 Å². The molecule has 1 fully saturated rings. The molecule has 0 saturated carbocycles. The van der Waals surface area contributed by atoms with Crippen LogP contribution in [0.25, 0.3) is 0 Å². The molecule has 0 aliphatic carbocycles. The van der Waals surface area contributed by atoms with Crippen molar-refractivity contribution in [3.63, 3.8) is 0 Å². The molecule has 0 radical (unpaired) electrons.